The monoisotopic (exact) mass is 390 g/mol. The average Bonchev–Trinajstić information content (AvgIpc) is 3.10. The minimum Gasteiger partial charge on any atom is -0.481 e. The molecule has 0 unspecified atom stereocenters. The van der Waals surface area contributed by atoms with Crippen molar-refractivity contribution in [3.05, 3.63) is 48.2 Å². The van der Waals surface area contributed by atoms with Crippen molar-refractivity contribution in [2.75, 3.05) is 7.11 Å². The van der Waals surface area contributed by atoms with Gasteiger partial charge in [-0.2, -0.15) is 13.2 Å². The van der Waals surface area contributed by atoms with E-state index in [0.717, 1.165) is 5.56 Å². The van der Waals surface area contributed by atoms with Gasteiger partial charge in [-0.25, -0.2) is 9.78 Å². The Balaban J connectivity index is 1.75. The Morgan fingerprint density at radius 3 is 2.52 bits per heavy atom. The van der Waals surface area contributed by atoms with E-state index >= 15 is 0 Å². The highest BCUT2D eigenvalue weighted by atomic mass is 32.2. The van der Waals surface area contributed by atoms with Crippen LogP contribution in [-0.4, -0.2) is 46.8 Å². The fourth-order valence-corrected chi connectivity index (χ4v) is 2.92. The molecule has 12 heteroatoms. The molecule has 2 aromatic heterocycles. The SMILES string of the molecule is COc1ccc(Cn2nnc(-c3ccc(S(=O)(=O)OC(N)=O)cc3)n2)cn1. The third kappa shape index (κ3) is 4.36. The quantitative estimate of drug-likeness (QED) is 0.595. The van der Waals surface area contributed by atoms with Gasteiger partial charge in [-0.3, -0.25) is 0 Å². The number of hydrogen-bond donors (Lipinski definition) is 1. The lowest BCUT2D eigenvalue weighted by Gasteiger charge is -2.03. The molecule has 140 valence electrons. The second-order valence-electron chi connectivity index (χ2n) is 5.23. The van der Waals surface area contributed by atoms with Gasteiger partial charge in [0.25, 0.3) is 0 Å². The number of rotatable bonds is 6. The van der Waals surface area contributed by atoms with Gasteiger partial charge in [0.1, 0.15) is 4.90 Å². The molecule has 0 spiro atoms. The lowest BCUT2D eigenvalue weighted by atomic mass is 10.2. The molecule has 0 radical (unpaired) electrons. The van der Waals surface area contributed by atoms with Crippen LogP contribution in [0.25, 0.3) is 11.4 Å². The van der Waals surface area contributed by atoms with Gasteiger partial charge in [0.05, 0.1) is 13.7 Å². The van der Waals surface area contributed by atoms with E-state index in [1.807, 2.05) is 6.07 Å². The molecule has 0 saturated carbocycles. The number of nitrogens with zero attached hydrogens (tertiary/aromatic N) is 5. The van der Waals surface area contributed by atoms with E-state index in [4.69, 9.17) is 10.5 Å². The maximum Gasteiger partial charge on any atom is 0.420 e. The second-order valence-corrected chi connectivity index (χ2v) is 6.78. The van der Waals surface area contributed by atoms with Crippen molar-refractivity contribution < 1.29 is 22.1 Å². The maximum absolute atomic E-state index is 11.8. The molecule has 0 aliphatic carbocycles. The van der Waals surface area contributed by atoms with Crippen LogP contribution < -0.4 is 10.5 Å². The number of pyridine rings is 1. The lowest BCUT2D eigenvalue weighted by Crippen LogP contribution is -2.18. The number of benzene rings is 1. The van der Waals surface area contributed by atoms with E-state index in [1.54, 1.807) is 12.3 Å². The Kier molecular flexibility index (Phi) is 4.98. The Morgan fingerprint density at radius 1 is 1.19 bits per heavy atom. The number of hydrogen-bond acceptors (Lipinski definition) is 9. The van der Waals surface area contributed by atoms with Crippen LogP contribution in [0.5, 0.6) is 5.88 Å². The van der Waals surface area contributed by atoms with Gasteiger partial charge in [0.15, 0.2) is 0 Å². The van der Waals surface area contributed by atoms with Crippen molar-refractivity contribution in [1.29, 1.82) is 0 Å². The molecule has 0 aliphatic heterocycles. The first-order valence-electron chi connectivity index (χ1n) is 7.48. The van der Waals surface area contributed by atoms with Crippen molar-refractivity contribution in [3.63, 3.8) is 0 Å². The minimum atomic E-state index is -4.25. The number of nitrogens with two attached hydrogens (primary N) is 1. The zero-order valence-electron chi connectivity index (χ0n) is 14.0. The Hall–Kier alpha value is -3.54. The van der Waals surface area contributed by atoms with E-state index in [0.29, 0.717) is 23.8 Å². The van der Waals surface area contributed by atoms with Crippen molar-refractivity contribution >= 4 is 16.2 Å². The van der Waals surface area contributed by atoms with Crippen molar-refractivity contribution in [1.82, 2.24) is 25.2 Å². The predicted molar refractivity (Wildman–Crippen MR) is 91.0 cm³/mol. The van der Waals surface area contributed by atoms with Crippen LogP contribution in [0, 0.1) is 0 Å². The predicted octanol–water partition coefficient (Wildman–Crippen LogP) is 0.576. The zero-order valence-corrected chi connectivity index (χ0v) is 14.8. The molecule has 0 atom stereocenters. The van der Waals surface area contributed by atoms with E-state index in [-0.39, 0.29) is 4.90 Å². The highest BCUT2D eigenvalue weighted by Gasteiger charge is 2.18. The van der Waals surface area contributed by atoms with Gasteiger partial charge < -0.3 is 14.7 Å². The number of primary amides is 1. The van der Waals surface area contributed by atoms with Crippen molar-refractivity contribution in [3.8, 4) is 17.3 Å². The number of carbonyl (C=O) groups is 1. The smallest absolute Gasteiger partial charge is 0.420 e. The van der Waals surface area contributed by atoms with Crippen LogP contribution in [-0.2, 0) is 20.8 Å². The number of tetrazole rings is 1. The standard InChI is InChI=1S/C15H14N6O5S/c1-25-13-7-2-10(8-17-13)9-21-19-14(18-20-21)11-3-5-12(6-4-11)27(23,24)26-15(16)22/h2-8H,9H2,1H3,(H2,16,22). The van der Waals surface area contributed by atoms with E-state index < -0.39 is 16.2 Å². The number of carbonyl (C=O) groups excluding carboxylic acids is 1. The fourth-order valence-electron chi connectivity index (χ4n) is 2.14. The third-order valence-corrected chi connectivity index (χ3v) is 4.61. The number of methoxy groups -OCH3 is 1. The lowest BCUT2D eigenvalue weighted by molar-refractivity contribution is 0.212. The molecule has 1 amide bonds. The van der Waals surface area contributed by atoms with E-state index in [2.05, 4.69) is 24.6 Å². The number of aromatic nitrogens is 5. The first-order valence-corrected chi connectivity index (χ1v) is 8.89. The van der Waals surface area contributed by atoms with Gasteiger partial charge in [0.2, 0.25) is 11.7 Å². The summed E-state index contributed by atoms with van der Waals surface area (Å²) in [5.41, 5.74) is 6.12. The topological polar surface area (TPSA) is 152 Å². The van der Waals surface area contributed by atoms with Gasteiger partial charge in [-0.15, -0.1) is 10.2 Å². The van der Waals surface area contributed by atoms with Crippen LogP contribution >= 0.6 is 0 Å². The van der Waals surface area contributed by atoms with Crippen LogP contribution in [0.3, 0.4) is 0 Å². The van der Waals surface area contributed by atoms with Gasteiger partial charge in [0, 0.05) is 17.8 Å². The molecule has 0 bridgehead atoms. The summed E-state index contributed by atoms with van der Waals surface area (Å²) in [6, 6.07) is 8.98. The molecule has 1 aromatic carbocycles. The summed E-state index contributed by atoms with van der Waals surface area (Å²) in [4.78, 5) is 15.9. The zero-order chi connectivity index (χ0) is 19.4. The van der Waals surface area contributed by atoms with Gasteiger partial charge >= 0.3 is 16.2 Å². The minimum absolute atomic E-state index is 0.221. The van der Waals surface area contributed by atoms with Crippen LogP contribution in [0.2, 0.25) is 0 Å². The van der Waals surface area contributed by atoms with Gasteiger partial charge in [-0.1, -0.05) is 6.07 Å². The highest BCUT2D eigenvalue weighted by Crippen LogP contribution is 2.19. The molecule has 0 saturated heterocycles. The number of ether oxygens (including phenoxy) is 1. The van der Waals surface area contributed by atoms with Crippen LogP contribution in [0.15, 0.2) is 47.5 Å². The Morgan fingerprint density at radius 2 is 1.93 bits per heavy atom. The summed E-state index contributed by atoms with van der Waals surface area (Å²) < 4.78 is 32.6. The summed E-state index contributed by atoms with van der Waals surface area (Å²) in [6.07, 6.45) is 0.233. The molecule has 0 fully saturated rings. The number of amides is 1. The largest absolute Gasteiger partial charge is 0.481 e. The average molecular weight is 390 g/mol. The van der Waals surface area contributed by atoms with Crippen molar-refractivity contribution in [2.45, 2.75) is 11.4 Å². The third-order valence-electron chi connectivity index (χ3n) is 3.38. The molecular weight excluding hydrogens is 376 g/mol. The first kappa shape index (κ1) is 18.3. The molecule has 3 rings (SSSR count). The summed E-state index contributed by atoms with van der Waals surface area (Å²) in [6.45, 7) is 0.350. The molecule has 11 nitrogen and oxygen atoms in total. The van der Waals surface area contributed by atoms with Crippen molar-refractivity contribution in [2.24, 2.45) is 5.73 Å². The maximum atomic E-state index is 11.8. The second kappa shape index (κ2) is 7.37. The summed E-state index contributed by atoms with van der Waals surface area (Å²) >= 11 is 0. The fraction of sp³-hybridized carbons (Fsp3) is 0.133. The molecule has 0 aliphatic rings. The summed E-state index contributed by atoms with van der Waals surface area (Å²) in [5, 5.41) is 12.1. The highest BCUT2D eigenvalue weighted by molar-refractivity contribution is 7.87. The first-order chi connectivity index (χ1) is 12.9. The molecular formula is C15H14N6O5S. The van der Waals surface area contributed by atoms with E-state index in [1.165, 1.54) is 36.2 Å². The Labute approximate surface area is 153 Å². The molecule has 2 heterocycles. The van der Waals surface area contributed by atoms with E-state index in [9.17, 15) is 13.2 Å². The molecule has 27 heavy (non-hydrogen) atoms. The van der Waals surface area contributed by atoms with Crippen LogP contribution in [0.1, 0.15) is 5.56 Å². The Bertz CT molecular complexity index is 1050. The van der Waals surface area contributed by atoms with Gasteiger partial charge in [-0.05, 0) is 35.0 Å². The summed E-state index contributed by atoms with van der Waals surface area (Å²) in [5.74, 6) is 0.803. The summed E-state index contributed by atoms with van der Waals surface area (Å²) in [7, 11) is -2.72. The molecule has 3 aromatic rings. The van der Waals surface area contributed by atoms with Crippen LogP contribution in [0.4, 0.5) is 4.79 Å². The normalized spacial score (nSPS) is 11.1. The molecule has 2 N–H and O–H groups in total.